The van der Waals surface area contributed by atoms with Gasteiger partial charge in [-0.05, 0) is 13.0 Å². The summed E-state index contributed by atoms with van der Waals surface area (Å²) in [4.78, 5) is 15.1. The first-order valence-electron chi connectivity index (χ1n) is 4.71. The summed E-state index contributed by atoms with van der Waals surface area (Å²) in [6, 6.07) is 1.72. The van der Waals surface area contributed by atoms with Gasteiger partial charge in [0.1, 0.15) is 5.69 Å². The molecule has 0 N–H and O–H groups in total. The molecule has 0 saturated heterocycles. The van der Waals surface area contributed by atoms with Gasteiger partial charge < -0.3 is 9.26 Å². The van der Waals surface area contributed by atoms with Gasteiger partial charge in [-0.15, -0.1) is 0 Å². The van der Waals surface area contributed by atoms with Crippen molar-refractivity contribution in [3.63, 3.8) is 0 Å². The zero-order chi connectivity index (χ0) is 11.5. The van der Waals surface area contributed by atoms with E-state index >= 15 is 0 Å². The van der Waals surface area contributed by atoms with Gasteiger partial charge >= 0.3 is 11.9 Å². The van der Waals surface area contributed by atoms with E-state index in [4.69, 9.17) is 9.26 Å². The number of aryl methyl sites for hydroxylation is 1. The number of rotatable bonds is 3. The van der Waals surface area contributed by atoms with Crippen LogP contribution in [0.3, 0.4) is 0 Å². The normalized spacial score (nSPS) is 10.4. The fourth-order valence-electron chi connectivity index (χ4n) is 1.14. The van der Waals surface area contributed by atoms with Gasteiger partial charge in [0.05, 0.1) is 6.61 Å². The number of carbonyl (C=O) groups is 1. The summed E-state index contributed by atoms with van der Waals surface area (Å²) in [5.74, 6) is -0.525. The number of nitrogens with zero attached hydrogens (tertiary/aromatic N) is 4. The number of aromatic nitrogens is 4. The topological polar surface area (TPSA) is 83.0 Å². The molecule has 0 aromatic carbocycles. The first kappa shape index (κ1) is 10.3. The van der Waals surface area contributed by atoms with Crippen LogP contribution in [0.2, 0.25) is 0 Å². The smallest absolute Gasteiger partial charge is 0.397 e. The number of hydrogen-bond acceptors (Lipinski definition) is 6. The lowest BCUT2D eigenvalue weighted by Gasteiger charge is -1.93. The van der Waals surface area contributed by atoms with Gasteiger partial charge in [-0.1, -0.05) is 5.16 Å². The molecule has 0 amide bonds. The summed E-state index contributed by atoms with van der Waals surface area (Å²) < 4.78 is 11.1. The van der Waals surface area contributed by atoms with Crippen molar-refractivity contribution in [2.75, 3.05) is 6.61 Å². The van der Waals surface area contributed by atoms with Gasteiger partial charge in [-0.2, -0.15) is 10.1 Å². The van der Waals surface area contributed by atoms with Crippen molar-refractivity contribution >= 4 is 5.97 Å². The molecule has 0 aliphatic heterocycles. The van der Waals surface area contributed by atoms with Crippen LogP contribution in [0.1, 0.15) is 17.6 Å². The molecule has 16 heavy (non-hydrogen) atoms. The van der Waals surface area contributed by atoms with Crippen LogP contribution >= 0.6 is 0 Å². The Morgan fingerprint density at radius 1 is 1.62 bits per heavy atom. The van der Waals surface area contributed by atoms with E-state index in [2.05, 4.69) is 15.2 Å². The molecule has 0 spiro atoms. The lowest BCUT2D eigenvalue weighted by atomic mass is 10.4. The minimum Gasteiger partial charge on any atom is -0.459 e. The average Bonchev–Trinajstić information content (AvgIpc) is 2.85. The summed E-state index contributed by atoms with van der Waals surface area (Å²) in [5, 5.41) is 7.72. The van der Waals surface area contributed by atoms with Crippen LogP contribution in [0.5, 0.6) is 0 Å². The van der Waals surface area contributed by atoms with Gasteiger partial charge in [0.25, 0.3) is 0 Å². The van der Waals surface area contributed by atoms with Crippen LogP contribution in [0.15, 0.2) is 16.8 Å². The molecule has 7 heteroatoms. The monoisotopic (exact) mass is 222 g/mol. The molecule has 2 aromatic heterocycles. The van der Waals surface area contributed by atoms with Gasteiger partial charge in [0, 0.05) is 13.2 Å². The Kier molecular flexibility index (Phi) is 2.67. The van der Waals surface area contributed by atoms with E-state index in [1.54, 1.807) is 30.9 Å². The number of hydrogen-bond donors (Lipinski definition) is 0. The van der Waals surface area contributed by atoms with Crippen LogP contribution in [-0.4, -0.2) is 32.5 Å². The standard InChI is InChI=1S/C9H10N4O3/c1-3-15-9(14)8-10-7(12-16-8)6-4-5-13(2)11-6/h4-5H,3H2,1-2H3. The van der Waals surface area contributed by atoms with E-state index < -0.39 is 5.97 Å². The van der Waals surface area contributed by atoms with Crippen LogP contribution < -0.4 is 0 Å². The van der Waals surface area contributed by atoms with Gasteiger partial charge in [0.2, 0.25) is 5.82 Å². The first-order valence-corrected chi connectivity index (χ1v) is 4.71. The Labute approximate surface area is 91.0 Å². The first-order chi connectivity index (χ1) is 7.70. The van der Waals surface area contributed by atoms with Gasteiger partial charge in [0.15, 0.2) is 0 Å². The molecular formula is C9H10N4O3. The second-order valence-electron chi connectivity index (χ2n) is 3.02. The quantitative estimate of drug-likeness (QED) is 0.709. The summed E-state index contributed by atoms with van der Waals surface area (Å²) in [6.45, 7) is 1.97. The van der Waals surface area contributed by atoms with Crippen molar-refractivity contribution in [1.82, 2.24) is 19.9 Å². The van der Waals surface area contributed by atoms with E-state index in [1.807, 2.05) is 0 Å². The van der Waals surface area contributed by atoms with Crippen molar-refractivity contribution in [2.24, 2.45) is 7.05 Å². The van der Waals surface area contributed by atoms with E-state index in [1.165, 1.54) is 0 Å². The van der Waals surface area contributed by atoms with Gasteiger partial charge in [-0.3, -0.25) is 4.68 Å². The predicted molar refractivity (Wildman–Crippen MR) is 52.5 cm³/mol. The molecule has 0 fully saturated rings. The Balaban J connectivity index is 2.22. The second-order valence-corrected chi connectivity index (χ2v) is 3.02. The van der Waals surface area contributed by atoms with Crippen molar-refractivity contribution in [1.29, 1.82) is 0 Å². The summed E-state index contributed by atoms with van der Waals surface area (Å²) in [5.41, 5.74) is 0.543. The van der Waals surface area contributed by atoms with E-state index in [0.717, 1.165) is 0 Å². The molecule has 84 valence electrons. The maximum atomic E-state index is 11.3. The Bertz CT molecular complexity index is 502. The zero-order valence-corrected chi connectivity index (χ0v) is 8.88. The maximum absolute atomic E-state index is 11.3. The third-order valence-electron chi connectivity index (χ3n) is 1.82. The van der Waals surface area contributed by atoms with Gasteiger partial charge in [-0.25, -0.2) is 4.79 Å². The molecule has 0 radical (unpaired) electrons. The van der Waals surface area contributed by atoms with Crippen LogP contribution in [0.25, 0.3) is 11.5 Å². The third-order valence-corrected chi connectivity index (χ3v) is 1.82. The molecule has 2 aromatic rings. The Hall–Kier alpha value is -2.18. The molecule has 2 rings (SSSR count). The number of ether oxygens (including phenoxy) is 1. The highest BCUT2D eigenvalue weighted by Crippen LogP contribution is 2.12. The van der Waals surface area contributed by atoms with Crippen molar-refractivity contribution in [3.8, 4) is 11.5 Å². The maximum Gasteiger partial charge on any atom is 0.397 e. The highest BCUT2D eigenvalue weighted by atomic mass is 16.6. The zero-order valence-electron chi connectivity index (χ0n) is 8.88. The van der Waals surface area contributed by atoms with Crippen molar-refractivity contribution in [2.45, 2.75) is 6.92 Å². The SMILES string of the molecule is CCOC(=O)c1nc(-c2ccn(C)n2)no1. The number of carbonyl (C=O) groups excluding carboxylic acids is 1. The molecule has 0 bridgehead atoms. The molecule has 7 nitrogen and oxygen atoms in total. The molecule has 0 unspecified atom stereocenters. The molecule has 0 atom stereocenters. The minimum atomic E-state index is -0.628. The summed E-state index contributed by atoms with van der Waals surface area (Å²) in [6.07, 6.45) is 1.75. The van der Waals surface area contributed by atoms with E-state index in [-0.39, 0.29) is 18.3 Å². The van der Waals surface area contributed by atoms with Crippen LogP contribution in [0, 0.1) is 0 Å². The Morgan fingerprint density at radius 3 is 3.06 bits per heavy atom. The molecular weight excluding hydrogens is 212 g/mol. The minimum absolute atomic E-state index is 0.164. The van der Waals surface area contributed by atoms with E-state index in [9.17, 15) is 4.79 Å². The second kappa shape index (κ2) is 4.13. The molecule has 0 aliphatic rings. The summed E-state index contributed by atoms with van der Waals surface area (Å²) >= 11 is 0. The fraction of sp³-hybridized carbons (Fsp3) is 0.333. The summed E-state index contributed by atoms with van der Waals surface area (Å²) in [7, 11) is 1.77. The van der Waals surface area contributed by atoms with Crippen LogP contribution in [0.4, 0.5) is 0 Å². The Morgan fingerprint density at radius 2 is 2.44 bits per heavy atom. The molecule has 0 saturated carbocycles. The van der Waals surface area contributed by atoms with Crippen molar-refractivity contribution < 1.29 is 14.1 Å². The van der Waals surface area contributed by atoms with Crippen LogP contribution in [-0.2, 0) is 11.8 Å². The highest BCUT2D eigenvalue weighted by Gasteiger charge is 2.17. The lowest BCUT2D eigenvalue weighted by Crippen LogP contribution is -2.04. The van der Waals surface area contributed by atoms with Crippen molar-refractivity contribution in [3.05, 3.63) is 18.2 Å². The predicted octanol–water partition coefficient (Wildman–Crippen LogP) is 0.647. The fourth-order valence-corrected chi connectivity index (χ4v) is 1.14. The molecule has 0 aliphatic carbocycles. The average molecular weight is 222 g/mol. The highest BCUT2D eigenvalue weighted by molar-refractivity contribution is 5.84. The number of esters is 1. The lowest BCUT2D eigenvalue weighted by molar-refractivity contribution is 0.0470. The van der Waals surface area contributed by atoms with E-state index in [0.29, 0.717) is 5.69 Å². The third kappa shape index (κ3) is 1.92. The molecule has 2 heterocycles. The largest absolute Gasteiger partial charge is 0.459 e.